The van der Waals surface area contributed by atoms with Crippen LogP contribution in [0.25, 0.3) is 0 Å². The van der Waals surface area contributed by atoms with Crippen LogP contribution >= 0.6 is 0 Å². The van der Waals surface area contributed by atoms with Gasteiger partial charge >= 0.3 is 0 Å². The molecule has 0 saturated carbocycles. The van der Waals surface area contributed by atoms with E-state index in [9.17, 15) is 8.42 Å². The second-order valence-corrected chi connectivity index (χ2v) is 6.49. The van der Waals surface area contributed by atoms with Gasteiger partial charge in [0, 0.05) is 19.7 Å². The summed E-state index contributed by atoms with van der Waals surface area (Å²) < 4.78 is 32.2. The van der Waals surface area contributed by atoms with Gasteiger partial charge in [0.2, 0.25) is 10.0 Å². The number of benzene rings is 1. The second-order valence-electron chi connectivity index (χ2n) is 4.80. The molecular weight excluding hydrogens is 278 g/mol. The summed E-state index contributed by atoms with van der Waals surface area (Å²) in [5, 5.41) is 3.11. The number of hydrogen-bond acceptors (Lipinski definition) is 5. The van der Waals surface area contributed by atoms with E-state index in [4.69, 9.17) is 10.5 Å². The fourth-order valence-electron chi connectivity index (χ4n) is 1.78. The van der Waals surface area contributed by atoms with Gasteiger partial charge in [-0.15, -0.1) is 0 Å². The summed E-state index contributed by atoms with van der Waals surface area (Å²) in [6.45, 7) is 4.31. The fraction of sp³-hybridized carbons (Fsp3) is 0.538. The number of sulfonamides is 1. The Morgan fingerprint density at radius 2 is 1.95 bits per heavy atom. The minimum absolute atomic E-state index is 0.143. The number of nitrogens with two attached hydrogens (primary N) is 1. The molecule has 0 spiro atoms. The monoisotopic (exact) mass is 301 g/mol. The van der Waals surface area contributed by atoms with Crippen LogP contribution in [0.4, 0.5) is 5.69 Å². The summed E-state index contributed by atoms with van der Waals surface area (Å²) in [5.41, 5.74) is 6.16. The normalized spacial score (nSPS) is 13.4. The van der Waals surface area contributed by atoms with Crippen molar-refractivity contribution in [1.82, 2.24) is 4.72 Å². The second kappa shape index (κ2) is 7.58. The quantitative estimate of drug-likeness (QED) is 0.659. The molecule has 114 valence electrons. The van der Waals surface area contributed by atoms with Gasteiger partial charge in [-0.25, -0.2) is 13.1 Å². The van der Waals surface area contributed by atoms with Crippen LogP contribution in [0.2, 0.25) is 0 Å². The Kier molecular flexibility index (Phi) is 6.41. The molecule has 7 heteroatoms. The molecule has 1 aromatic rings. The SMILES string of the molecule is COCC(CN)Nc1ccccc1S(=O)(=O)NC(C)C. The van der Waals surface area contributed by atoms with E-state index in [0.29, 0.717) is 18.8 Å². The minimum atomic E-state index is -3.55. The van der Waals surface area contributed by atoms with Gasteiger partial charge in [0.1, 0.15) is 4.90 Å². The summed E-state index contributed by atoms with van der Waals surface area (Å²) in [7, 11) is -1.98. The summed E-state index contributed by atoms with van der Waals surface area (Å²) >= 11 is 0. The van der Waals surface area contributed by atoms with E-state index in [1.54, 1.807) is 45.2 Å². The van der Waals surface area contributed by atoms with Gasteiger partial charge in [-0.3, -0.25) is 0 Å². The highest BCUT2D eigenvalue weighted by Crippen LogP contribution is 2.21. The van der Waals surface area contributed by atoms with Gasteiger partial charge in [-0.2, -0.15) is 0 Å². The predicted molar refractivity (Wildman–Crippen MR) is 80.2 cm³/mol. The van der Waals surface area contributed by atoms with E-state index in [-0.39, 0.29) is 17.0 Å². The molecule has 1 atom stereocenters. The molecular formula is C13H23N3O3S. The molecule has 1 rings (SSSR count). The van der Waals surface area contributed by atoms with Crippen LogP contribution in [0.3, 0.4) is 0 Å². The minimum Gasteiger partial charge on any atom is -0.383 e. The van der Waals surface area contributed by atoms with Crippen molar-refractivity contribution < 1.29 is 13.2 Å². The first kappa shape index (κ1) is 16.9. The van der Waals surface area contributed by atoms with Gasteiger partial charge < -0.3 is 15.8 Å². The molecule has 1 aromatic carbocycles. The van der Waals surface area contributed by atoms with Crippen molar-refractivity contribution in [2.75, 3.05) is 25.6 Å². The van der Waals surface area contributed by atoms with Crippen LogP contribution in [0.15, 0.2) is 29.2 Å². The largest absolute Gasteiger partial charge is 0.383 e. The van der Waals surface area contributed by atoms with Crippen molar-refractivity contribution in [3.05, 3.63) is 24.3 Å². The Morgan fingerprint density at radius 3 is 2.50 bits per heavy atom. The lowest BCUT2D eigenvalue weighted by Gasteiger charge is -2.20. The average molecular weight is 301 g/mol. The Bertz CT molecular complexity index is 517. The molecule has 0 fully saturated rings. The lowest BCUT2D eigenvalue weighted by Crippen LogP contribution is -2.35. The Labute approximate surface area is 120 Å². The number of anilines is 1. The number of nitrogens with one attached hydrogen (secondary N) is 2. The van der Waals surface area contributed by atoms with Crippen LogP contribution in [0.1, 0.15) is 13.8 Å². The zero-order chi connectivity index (χ0) is 15.2. The van der Waals surface area contributed by atoms with Gasteiger partial charge in [-0.05, 0) is 26.0 Å². The standard InChI is InChI=1S/C13H23N3O3S/c1-10(2)16-20(17,18)13-7-5-4-6-12(13)15-11(8-14)9-19-3/h4-7,10-11,15-16H,8-9,14H2,1-3H3. The summed E-state index contributed by atoms with van der Waals surface area (Å²) in [6, 6.07) is 6.43. The van der Waals surface area contributed by atoms with Crippen LogP contribution in [-0.2, 0) is 14.8 Å². The molecule has 0 saturated heterocycles. The molecule has 0 aromatic heterocycles. The first-order valence-corrected chi connectivity index (χ1v) is 7.96. The number of hydrogen-bond donors (Lipinski definition) is 3. The smallest absolute Gasteiger partial charge is 0.242 e. The maximum absolute atomic E-state index is 12.3. The number of ether oxygens (including phenoxy) is 1. The fourth-order valence-corrected chi connectivity index (χ4v) is 3.21. The van der Waals surface area contributed by atoms with Gasteiger partial charge in [0.05, 0.1) is 18.3 Å². The lowest BCUT2D eigenvalue weighted by atomic mass is 10.2. The van der Waals surface area contributed by atoms with Crippen LogP contribution in [0, 0.1) is 0 Å². The molecule has 4 N–H and O–H groups in total. The molecule has 0 bridgehead atoms. The van der Waals surface area contributed by atoms with Crippen LogP contribution < -0.4 is 15.8 Å². The first-order valence-electron chi connectivity index (χ1n) is 6.47. The van der Waals surface area contributed by atoms with E-state index >= 15 is 0 Å². The van der Waals surface area contributed by atoms with Gasteiger partial charge in [-0.1, -0.05) is 12.1 Å². The van der Waals surface area contributed by atoms with Crippen molar-refractivity contribution in [3.63, 3.8) is 0 Å². The van der Waals surface area contributed by atoms with Crippen molar-refractivity contribution in [1.29, 1.82) is 0 Å². The van der Waals surface area contributed by atoms with E-state index < -0.39 is 10.0 Å². The highest BCUT2D eigenvalue weighted by Gasteiger charge is 2.20. The summed E-state index contributed by atoms with van der Waals surface area (Å²) in [5.74, 6) is 0. The van der Waals surface area contributed by atoms with E-state index in [1.165, 1.54) is 0 Å². The number of para-hydroxylation sites is 1. The number of rotatable bonds is 8. The zero-order valence-corrected chi connectivity index (χ0v) is 12.9. The van der Waals surface area contributed by atoms with Crippen LogP contribution in [0.5, 0.6) is 0 Å². The van der Waals surface area contributed by atoms with E-state index in [1.807, 2.05) is 0 Å². The summed E-state index contributed by atoms with van der Waals surface area (Å²) in [6.07, 6.45) is 0. The molecule has 20 heavy (non-hydrogen) atoms. The molecule has 1 unspecified atom stereocenters. The van der Waals surface area contributed by atoms with Crippen molar-refractivity contribution in [2.45, 2.75) is 30.8 Å². The zero-order valence-electron chi connectivity index (χ0n) is 12.1. The Morgan fingerprint density at radius 1 is 1.30 bits per heavy atom. The number of methoxy groups -OCH3 is 1. The molecule has 0 aliphatic heterocycles. The van der Waals surface area contributed by atoms with Crippen molar-refractivity contribution in [3.8, 4) is 0 Å². The van der Waals surface area contributed by atoms with E-state index in [2.05, 4.69) is 10.0 Å². The average Bonchev–Trinajstić information content (AvgIpc) is 2.37. The van der Waals surface area contributed by atoms with Crippen molar-refractivity contribution in [2.24, 2.45) is 5.73 Å². The van der Waals surface area contributed by atoms with Gasteiger partial charge in [0.25, 0.3) is 0 Å². The maximum atomic E-state index is 12.3. The molecule has 0 heterocycles. The van der Waals surface area contributed by atoms with Gasteiger partial charge in [0.15, 0.2) is 0 Å². The predicted octanol–water partition coefficient (Wildman–Crippen LogP) is 0.759. The Hall–Kier alpha value is -1.15. The maximum Gasteiger partial charge on any atom is 0.242 e. The first-order chi connectivity index (χ1) is 9.40. The molecule has 6 nitrogen and oxygen atoms in total. The molecule has 0 amide bonds. The summed E-state index contributed by atoms with van der Waals surface area (Å²) in [4.78, 5) is 0.211. The lowest BCUT2D eigenvalue weighted by molar-refractivity contribution is 0.187. The topological polar surface area (TPSA) is 93.4 Å². The third-order valence-corrected chi connectivity index (χ3v) is 4.30. The Balaban J connectivity index is 3.04. The van der Waals surface area contributed by atoms with Crippen LogP contribution in [-0.4, -0.2) is 40.8 Å². The third-order valence-electron chi connectivity index (χ3n) is 2.58. The molecule has 0 aliphatic rings. The van der Waals surface area contributed by atoms with Crippen molar-refractivity contribution >= 4 is 15.7 Å². The third kappa shape index (κ3) is 4.75. The van der Waals surface area contributed by atoms with E-state index in [0.717, 1.165) is 0 Å². The molecule has 0 radical (unpaired) electrons. The molecule has 0 aliphatic carbocycles. The highest BCUT2D eigenvalue weighted by atomic mass is 32.2. The highest BCUT2D eigenvalue weighted by molar-refractivity contribution is 7.89.